The van der Waals surface area contributed by atoms with E-state index in [0.29, 0.717) is 50.6 Å². The van der Waals surface area contributed by atoms with Crippen LogP contribution in [0, 0.1) is 33.5 Å². The predicted molar refractivity (Wildman–Crippen MR) is 202 cm³/mol. The third-order valence-electron chi connectivity index (χ3n) is 14.8. The lowest BCUT2D eigenvalue weighted by atomic mass is 9.32. The van der Waals surface area contributed by atoms with E-state index < -0.39 is 45.5 Å². The number of ketones is 1. The van der Waals surface area contributed by atoms with Crippen LogP contribution in [0.4, 0.5) is 18.0 Å². The van der Waals surface area contributed by atoms with E-state index in [9.17, 15) is 33.0 Å². The van der Waals surface area contributed by atoms with Gasteiger partial charge in [-0.15, -0.1) is 0 Å². The minimum absolute atomic E-state index is 0.00762. The Bertz CT molecular complexity index is 2070. The molecule has 6 aliphatic rings. The lowest BCUT2D eigenvalue weighted by Gasteiger charge is -2.71. The number of hydrogen-bond donors (Lipinski definition) is 3. The molecule has 2 amide bonds. The van der Waals surface area contributed by atoms with Crippen molar-refractivity contribution in [1.29, 1.82) is 0 Å². The topological polar surface area (TPSA) is 89.9 Å². The number of Topliss-reactive ketones (excluding diaryl/α,β-unsaturated/α-hetero) is 1. The highest BCUT2D eigenvalue weighted by molar-refractivity contribution is 6.10. The Hall–Kier alpha value is -3.95. The van der Waals surface area contributed by atoms with E-state index in [4.69, 9.17) is 0 Å². The molecule has 3 saturated carbocycles. The van der Waals surface area contributed by atoms with Gasteiger partial charge in [-0.3, -0.25) is 4.79 Å². The summed E-state index contributed by atoms with van der Waals surface area (Å²) in [6.07, 6.45) is 5.40. The quantitative estimate of drug-likeness (QED) is 0.167. The average Bonchev–Trinajstić information content (AvgIpc) is 3.40. The van der Waals surface area contributed by atoms with Gasteiger partial charge in [0, 0.05) is 40.0 Å². The van der Waals surface area contributed by atoms with Gasteiger partial charge in [-0.2, -0.15) is 13.2 Å². The highest BCUT2D eigenvalue weighted by Crippen LogP contribution is 2.78. The number of aliphatic hydroxyl groups excluding tert-OH is 1. The van der Waals surface area contributed by atoms with Crippen LogP contribution in [0.5, 0.6) is 0 Å². The van der Waals surface area contributed by atoms with Crippen molar-refractivity contribution < 1.29 is 33.0 Å². The van der Waals surface area contributed by atoms with Gasteiger partial charge in [-0.25, -0.2) is 4.79 Å². The Morgan fingerprint density at radius 1 is 0.907 bits per heavy atom. The van der Waals surface area contributed by atoms with E-state index >= 15 is 0 Å². The van der Waals surface area contributed by atoms with Crippen LogP contribution in [0.3, 0.4) is 0 Å². The molecule has 6 aliphatic carbocycles. The summed E-state index contributed by atoms with van der Waals surface area (Å²) in [4.78, 5) is 30.6. The summed E-state index contributed by atoms with van der Waals surface area (Å²) in [6, 6.07) is 18.4. The molecule has 0 heterocycles. The molecule has 286 valence electrons. The molecule has 8 atom stereocenters. The second kappa shape index (κ2) is 12.5. The summed E-state index contributed by atoms with van der Waals surface area (Å²) >= 11 is 0. The molecule has 9 heteroatoms. The number of amides is 2. The summed E-state index contributed by atoms with van der Waals surface area (Å²) in [6.45, 7) is 8.58. The van der Waals surface area contributed by atoms with Crippen molar-refractivity contribution in [2.24, 2.45) is 33.5 Å². The molecule has 0 radical (unpaired) electrons. The SMILES string of the molecule is CC(C)NC(=O)N(Cc1cccc2ccccc12)CC1(O)CCC2C34C=CC5(C=C3C(=O)c3cccc(C(F)(F)F)c3)CC(O)CCC5(C)C4CCC21C. The molecule has 3 N–H and O–H groups in total. The maximum Gasteiger partial charge on any atom is 0.416 e. The van der Waals surface area contributed by atoms with Gasteiger partial charge in [0.1, 0.15) is 0 Å². The van der Waals surface area contributed by atoms with Gasteiger partial charge in [-0.05, 0) is 105 Å². The highest BCUT2D eigenvalue weighted by Gasteiger charge is 2.74. The number of allylic oxidation sites excluding steroid dienone is 4. The molecular weight excluding hydrogens is 689 g/mol. The fraction of sp³-hybridized carbons (Fsp3) is 0.511. The monoisotopic (exact) mass is 740 g/mol. The van der Waals surface area contributed by atoms with E-state index in [1.807, 2.05) is 62.4 Å². The first-order valence-corrected chi connectivity index (χ1v) is 19.5. The van der Waals surface area contributed by atoms with Crippen LogP contribution in [-0.4, -0.2) is 51.2 Å². The molecule has 3 aromatic rings. The Morgan fingerprint density at radius 2 is 1.59 bits per heavy atom. The van der Waals surface area contributed by atoms with E-state index in [1.165, 1.54) is 12.1 Å². The summed E-state index contributed by atoms with van der Waals surface area (Å²) in [5.41, 5.74) is -3.22. The zero-order valence-electron chi connectivity index (χ0n) is 31.5. The predicted octanol–water partition coefficient (Wildman–Crippen LogP) is 9.25. The normalized spacial score (nSPS) is 35.3. The number of carbonyl (C=O) groups excluding carboxylic acids is 2. The number of rotatable bonds is 7. The van der Waals surface area contributed by atoms with Crippen LogP contribution in [0.1, 0.15) is 94.1 Å². The fourth-order valence-electron chi connectivity index (χ4n) is 12.1. The first kappa shape index (κ1) is 37.0. The van der Waals surface area contributed by atoms with Gasteiger partial charge in [0.2, 0.25) is 0 Å². The third-order valence-corrected chi connectivity index (χ3v) is 14.8. The second-order valence-corrected chi connectivity index (χ2v) is 17.8. The number of benzene rings is 3. The average molecular weight is 741 g/mol. The third kappa shape index (κ3) is 5.35. The van der Waals surface area contributed by atoms with E-state index in [2.05, 4.69) is 31.3 Å². The molecule has 54 heavy (non-hydrogen) atoms. The molecule has 3 fully saturated rings. The number of nitrogens with one attached hydrogen (secondary N) is 1. The number of carbonyl (C=O) groups is 2. The van der Waals surface area contributed by atoms with Gasteiger partial charge >= 0.3 is 12.2 Å². The standard InChI is InChI=1S/C45H51F3N2O4/c1-28(2)49-39(53)50(26-31-12-7-10-29-9-5-6-14-34(29)31)27-43(54)20-17-37-41(43,4)19-16-36-40(3)18-15-33(51)24-42(40)21-22-44(36,37)35(25-42)38(52)30-11-8-13-32(23-30)45(46,47)48/h5-14,21-23,25,28,33,36-37,51,54H,15-20,24,26-27H2,1-4H3,(H,49,53). The Labute approximate surface area is 315 Å². The first-order valence-electron chi connectivity index (χ1n) is 19.5. The minimum atomic E-state index is -4.60. The van der Waals surface area contributed by atoms with Crippen LogP contribution in [0.15, 0.2) is 90.5 Å². The van der Waals surface area contributed by atoms with Crippen LogP contribution < -0.4 is 5.32 Å². The van der Waals surface area contributed by atoms with Crippen LogP contribution in [-0.2, 0) is 12.7 Å². The minimum Gasteiger partial charge on any atom is -0.393 e. The molecule has 0 aromatic heterocycles. The van der Waals surface area contributed by atoms with E-state index in [0.717, 1.165) is 34.9 Å². The lowest BCUT2D eigenvalue weighted by molar-refractivity contribution is -0.174. The maximum atomic E-state index is 14.9. The Kier molecular flexibility index (Phi) is 8.59. The summed E-state index contributed by atoms with van der Waals surface area (Å²) in [5.74, 6) is -0.667. The molecule has 3 aromatic carbocycles. The van der Waals surface area contributed by atoms with Gasteiger partial charge in [0.25, 0.3) is 0 Å². The Morgan fingerprint density at radius 3 is 2.35 bits per heavy atom. The fourth-order valence-corrected chi connectivity index (χ4v) is 12.1. The van der Waals surface area contributed by atoms with Gasteiger partial charge < -0.3 is 20.4 Å². The summed E-state index contributed by atoms with van der Waals surface area (Å²) in [7, 11) is 0. The molecule has 2 bridgehead atoms. The van der Waals surface area contributed by atoms with E-state index in [-0.39, 0.29) is 41.4 Å². The number of urea groups is 1. The van der Waals surface area contributed by atoms with Crippen molar-refractivity contribution in [3.05, 3.63) is 107 Å². The second-order valence-electron chi connectivity index (χ2n) is 17.8. The van der Waals surface area contributed by atoms with Crippen LogP contribution in [0.25, 0.3) is 10.8 Å². The number of halogens is 3. The van der Waals surface area contributed by atoms with Gasteiger partial charge in [0.05, 0.1) is 23.8 Å². The smallest absolute Gasteiger partial charge is 0.393 e. The molecule has 2 spiro atoms. The number of fused-ring (bicyclic) bond motifs is 2. The summed E-state index contributed by atoms with van der Waals surface area (Å²) < 4.78 is 41.8. The zero-order valence-corrected chi connectivity index (χ0v) is 31.5. The van der Waals surface area contributed by atoms with E-state index in [1.54, 1.807) is 4.90 Å². The molecular formula is C45H51F3N2O4. The van der Waals surface area contributed by atoms with Gasteiger partial charge in [-0.1, -0.05) is 86.7 Å². The van der Waals surface area contributed by atoms with Gasteiger partial charge in [0.15, 0.2) is 5.78 Å². The van der Waals surface area contributed by atoms with Crippen LogP contribution >= 0.6 is 0 Å². The number of aliphatic hydroxyl groups is 2. The lowest BCUT2D eigenvalue weighted by Crippen LogP contribution is -2.67. The zero-order chi connectivity index (χ0) is 38.5. The number of hydrogen-bond acceptors (Lipinski definition) is 4. The van der Waals surface area contributed by atoms with Crippen molar-refractivity contribution in [2.45, 2.75) is 103 Å². The molecule has 0 aliphatic heterocycles. The van der Waals surface area contributed by atoms with Crippen molar-refractivity contribution in [1.82, 2.24) is 10.2 Å². The molecule has 8 unspecified atom stereocenters. The summed E-state index contributed by atoms with van der Waals surface area (Å²) in [5, 5.41) is 29.3. The van der Waals surface area contributed by atoms with Crippen molar-refractivity contribution in [3.63, 3.8) is 0 Å². The molecule has 0 saturated heterocycles. The van der Waals surface area contributed by atoms with Crippen molar-refractivity contribution in [3.8, 4) is 0 Å². The van der Waals surface area contributed by atoms with Crippen molar-refractivity contribution >= 4 is 22.6 Å². The highest BCUT2D eigenvalue weighted by atomic mass is 19.4. The largest absolute Gasteiger partial charge is 0.416 e. The Balaban J connectivity index is 1.21. The maximum absolute atomic E-state index is 14.9. The van der Waals surface area contributed by atoms with Crippen LogP contribution in [0.2, 0.25) is 0 Å². The number of nitrogens with zero attached hydrogens (tertiary/aromatic N) is 1. The molecule has 9 rings (SSSR count). The number of alkyl halides is 3. The first-order chi connectivity index (χ1) is 25.5. The molecule has 6 nitrogen and oxygen atoms in total. The van der Waals surface area contributed by atoms with Crippen molar-refractivity contribution in [2.75, 3.05) is 6.54 Å².